The maximum atomic E-state index is 13.0. The average molecular weight is 570 g/mol. The average Bonchev–Trinajstić information content (AvgIpc) is 2.94. The van der Waals surface area contributed by atoms with Crippen molar-refractivity contribution in [2.24, 2.45) is 5.10 Å². The molecule has 190 valence electrons. The summed E-state index contributed by atoms with van der Waals surface area (Å²) in [5, 5.41) is 6.63. The first kappa shape index (κ1) is 26.5. The van der Waals surface area contributed by atoms with Crippen molar-refractivity contribution in [3.8, 4) is 5.75 Å². The second-order valence-corrected chi connectivity index (χ2v) is 9.15. The molecule has 0 unspecified atom stereocenters. The summed E-state index contributed by atoms with van der Waals surface area (Å²) in [6, 6.07) is 32.3. The fourth-order valence-electron chi connectivity index (χ4n) is 3.65. The highest BCUT2D eigenvalue weighted by atomic mass is 79.9. The molecule has 0 fully saturated rings. The second kappa shape index (κ2) is 13.1. The van der Waals surface area contributed by atoms with Crippen LogP contribution in [0.4, 0.5) is 0 Å². The van der Waals surface area contributed by atoms with Crippen molar-refractivity contribution in [1.82, 2.24) is 10.7 Å². The Balaban J connectivity index is 1.28. The van der Waals surface area contributed by atoms with Crippen LogP contribution in [0.15, 0.2) is 119 Å². The highest BCUT2D eigenvalue weighted by Gasteiger charge is 2.22. The van der Waals surface area contributed by atoms with Gasteiger partial charge in [-0.05, 0) is 65.2 Å². The molecule has 2 amide bonds. The van der Waals surface area contributed by atoms with Crippen molar-refractivity contribution < 1.29 is 19.1 Å². The number of nitrogens with one attached hydrogen (secondary N) is 2. The smallest absolute Gasteiger partial charge is 0.343 e. The quantitative estimate of drug-likeness (QED) is 0.127. The monoisotopic (exact) mass is 569 g/mol. The minimum atomic E-state index is -0.537. The summed E-state index contributed by atoms with van der Waals surface area (Å²) in [6.07, 6.45) is 1.46. The first-order valence-corrected chi connectivity index (χ1v) is 12.6. The third kappa shape index (κ3) is 7.47. The molecule has 4 aromatic carbocycles. The van der Waals surface area contributed by atoms with E-state index in [4.69, 9.17) is 4.74 Å². The number of rotatable bonds is 9. The number of esters is 1. The maximum Gasteiger partial charge on any atom is 0.343 e. The number of amides is 2. The summed E-state index contributed by atoms with van der Waals surface area (Å²) in [6.45, 7) is -0.225. The van der Waals surface area contributed by atoms with Crippen molar-refractivity contribution in [3.63, 3.8) is 0 Å². The van der Waals surface area contributed by atoms with E-state index in [-0.39, 0.29) is 12.5 Å². The number of benzene rings is 4. The minimum absolute atomic E-state index is 0.225. The first-order valence-electron chi connectivity index (χ1n) is 11.8. The summed E-state index contributed by atoms with van der Waals surface area (Å²) < 4.78 is 6.24. The Morgan fingerprint density at radius 3 is 1.95 bits per heavy atom. The third-order valence-electron chi connectivity index (χ3n) is 5.52. The van der Waals surface area contributed by atoms with Crippen LogP contribution in [-0.2, 0) is 9.59 Å². The molecule has 8 heteroatoms. The molecule has 0 saturated carbocycles. The lowest BCUT2D eigenvalue weighted by molar-refractivity contribution is -0.126. The molecular formula is C30H24BrN3O4. The number of carbonyl (C=O) groups is 3. The van der Waals surface area contributed by atoms with Crippen LogP contribution >= 0.6 is 15.9 Å². The Hall–Kier alpha value is -4.56. The van der Waals surface area contributed by atoms with Gasteiger partial charge in [-0.1, -0.05) is 76.6 Å². The van der Waals surface area contributed by atoms with E-state index in [2.05, 4.69) is 31.8 Å². The largest absolute Gasteiger partial charge is 0.423 e. The van der Waals surface area contributed by atoms with Gasteiger partial charge >= 0.3 is 5.97 Å². The fourth-order valence-corrected chi connectivity index (χ4v) is 3.91. The van der Waals surface area contributed by atoms with Gasteiger partial charge in [0.2, 0.25) is 5.91 Å². The molecule has 0 heterocycles. The van der Waals surface area contributed by atoms with Crippen molar-refractivity contribution in [2.75, 3.05) is 6.54 Å². The SMILES string of the molecule is O=C(CNC(=O)C(c1ccccc1)c1ccccc1)N/N=C/c1ccc(OC(=O)c2ccc(Br)cc2)cc1. The van der Waals surface area contributed by atoms with E-state index in [1.165, 1.54) is 6.21 Å². The van der Waals surface area contributed by atoms with E-state index in [9.17, 15) is 14.4 Å². The molecule has 4 rings (SSSR count). The number of hydrazone groups is 1. The first-order chi connectivity index (χ1) is 18.5. The van der Waals surface area contributed by atoms with Gasteiger partial charge in [-0.2, -0.15) is 5.10 Å². The van der Waals surface area contributed by atoms with E-state index in [1.807, 2.05) is 60.7 Å². The molecular weight excluding hydrogens is 546 g/mol. The molecule has 0 aliphatic rings. The summed E-state index contributed by atoms with van der Waals surface area (Å²) in [5.41, 5.74) is 5.20. The second-order valence-electron chi connectivity index (χ2n) is 8.23. The van der Waals surface area contributed by atoms with E-state index >= 15 is 0 Å². The molecule has 0 saturated heterocycles. The molecule has 0 aliphatic heterocycles. The van der Waals surface area contributed by atoms with Crippen LogP contribution < -0.4 is 15.5 Å². The molecule has 0 spiro atoms. The summed E-state index contributed by atoms with van der Waals surface area (Å²) in [5.74, 6) is -1.36. The van der Waals surface area contributed by atoms with E-state index in [0.717, 1.165) is 15.6 Å². The lowest BCUT2D eigenvalue weighted by Gasteiger charge is -2.17. The summed E-state index contributed by atoms with van der Waals surface area (Å²) in [7, 11) is 0. The molecule has 0 atom stereocenters. The predicted molar refractivity (Wildman–Crippen MR) is 149 cm³/mol. The van der Waals surface area contributed by atoms with Gasteiger partial charge in [-0.15, -0.1) is 0 Å². The number of ether oxygens (including phenoxy) is 1. The summed E-state index contributed by atoms with van der Waals surface area (Å²) in [4.78, 5) is 37.5. The molecule has 0 radical (unpaired) electrons. The number of hydrogen-bond donors (Lipinski definition) is 2. The third-order valence-corrected chi connectivity index (χ3v) is 6.05. The zero-order valence-electron chi connectivity index (χ0n) is 20.2. The van der Waals surface area contributed by atoms with Crippen LogP contribution in [0.1, 0.15) is 33.0 Å². The van der Waals surface area contributed by atoms with Gasteiger partial charge in [0, 0.05) is 4.47 Å². The van der Waals surface area contributed by atoms with Gasteiger partial charge in [-0.25, -0.2) is 10.2 Å². The Kier molecular flexibility index (Phi) is 9.15. The zero-order valence-corrected chi connectivity index (χ0v) is 21.8. The van der Waals surface area contributed by atoms with Crippen LogP contribution in [0.25, 0.3) is 0 Å². The number of carbonyl (C=O) groups excluding carboxylic acids is 3. The topological polar surface area (TPSA) is 96.9 Å². The molecule has 0 aliphatic carbocycles. The fraction of sp³-hybridized carbons (Fsp3) is 0.0667. The normalized spacial score (nSPS) is 10.8. The predicted octanol–water partition coefficient (Wildman–Crippen LogP) is 5.07. The lowest BCUT2D eigenvalue weighted by Crippen LogP contribution is -2.37. The van der Waals surface area contributed by atoms with E-state index in [0.29, 0.717) is 16.9 Å². The van der Waals surface area contributed by atoms with Crippen molar-refractivity contribution in [3.05, 3.63) is 136 Å². The summed E-state index contributed by atoms with van der Waals surface area (Å²) >= 11 is 3.33. The Bertz CT molecular complexity index is 1370. The maximum absolute atomic E-state index is 13.0. The van der Waals surface area contributed by atoms with Gasteiger partial charge in [-0.3, -0.25) is 9.59 Å². The van der Waals surface area contributed by atoms with Crippen molar-refractivity contribution >= 4 is 39.9 Å². The number of nitrogens with zero attached hydrogens (tertiary/aromatic N) is 1. The zero-order chi connectivity index (χ0) is 26.7. The van der Waals surface area contributed by atoms with Crippen molar-refractivity contribution in [1.29, 1.82) is 0 Å². The lowest BCUT2D eigenvalue weighted by atomic mass is 9.90. The molecule has 7 nitrogen and oxygen atoms in total. The molecule has 2 N–H and O–H groups in total. The van der Waals surface area contributed by atoms with Crippen LogP contribution in [0.3, 0.4) is 0 Å². The minimum Gasteiger partial charge on any atom is -0.423 e. The molecule has 0 aromatic heterocycles. The van der Waals surface area contributed by atoms with E-state index in [1.54, 1.807) is 48.5 Å². The number of hydrogen-bond acceptors (Lipinski definition) is 5. The van der Waals surface area contributed by atoms with Gasteiger partial charge in [0.15, 0.2) is 0 Å². The Labute approximate surface area is 228 Å². The standard InChI is InChI=1S/C30H24BrN3O4/c31-25-15-13-24(14-16-25)30(37)38-26-17-11-21(12-18-26)19-33-34-27(35)20-32-29(36)28(22-7-3-1-4-8-22)23-9-5-2-6-10-23/h1-19,28H,20H2,(H,32,36)(H,34,35)/b33-19+. The van der Waals surface area contributed by atoms with Crippen LogP contribution in [0, 0.1) is 0 Å². The van der Waals surface area contributed by atoms with Crippen LogP contribution in [-0.4, -0.2) is 30.5 Å². The number of halogens is 1. The van der Waals surface area contributed by atoms with Gasteiger partial charge in [0.25, 0.3) is 5.91 Å². The van der Waals surface area contributed by atoms with Crippen LogP contribution in [0.5, 0.6) is 5.75 Å². The van der Waals surface area contributed by atoms with Gasteiger partial charge < -0.3 is 10.1 Å². The molecule has 38 heavy (non-hydrogen) atoms. The Morgan fingerprint density at radius 1 is 0.789 bits per heavy atom. The highest BCUT2D eigenvalue weighted by Crippen LogP contribution is 2.24. The van der Waals surface area contributed by atoms with E-state index < -0.39 is 17.8 Å². The van der Waals surface area contributed by atoms with Gasteiger partial charge in [0.05, 0.1) is 24.2 Å². The molecule has 0 bridgehead atoms. The Morgan fingerprint density at radius 2 is 1.37 bits per heavy atom. The van der Waals surface area contributed by atoms with Gasteiger partial charge in [0.1, 0.15) is 5.75 Å². The highest BCUT2D eigenvalue weighted by molar-refractivity contribution is 9.10. The van der Waals surface area contributed by atoms with Crippen LogP contribution in [0.2, 0.25) is 0 Å². The molecule has 4 aromatic rings. The van der Waals surface area contributed by atoms with Crippen molar-refractivity contribution in [2.45, 2.75) is 5.92 Å².